The Morgan fingerprint density at radius 2 is 2.11 bits per heavy atom. The van der Waals surface area contributed by atoms with Crippen LogP contribution in [0, 0.1) is 0 Å². The lowest BCUT2D eigenvalue weighted by molar-refractivity contribution is 0.102. The number of nitrogens with one attached hydrogen (secondary N) is 1. The average Bonchev–Trinajstić information content (AvgIpc) is 2.77. The van der Waals surface area contributed by atoms with Crippen LogP contribution in [0.5, 0.6) is 0 Å². The second-order valence-corrected chi connectivity index (χ2v) is 6.02. The van der Waals surface area contributed by atoms with Gasteiger partial charge in [0.1, 0.15) is 22.2 Å². The number of hydrogen-bond donors (Lipinski definition) is 1. The van der Waals surface area contributed by atoms with E-state index in [-0.39, 0.29) is 16.5 Å². The molecule has 0 bridgehead atoms. The number of aromatic nitrogens is 4. The van der Waals surface area contributed by atoms with Crippen LogP contribution in [0.3, 0.4) is 0 Å². The highest BCUT2D eigenvalue weighted by Gasteiger charge is 2.26. The number of anilines is 1. The normalized spacial score (nSPS) is 11.4. The standard InChI is InChI=1S/C11H12ClN5OS/c1-11(2,3)9-8(19-17-16-9)10(18)15-7-4-6(12)13-5-14-7/h4-5H,1-3H3,(H,13,14,15,18). The Morgan fingerprint density at radius 3 is 2.74 bits per heavy atom. The van der Waals surface area contributed by atoms with Gasteiger partial charge in [-0.25, -0.2) is 9.97 Å². The Hall–Kier alpha value is -1.60. The van der Waals surface area contributed by atoms with E-state index in [2.05, 4.69) is 24.9 Å². The van der Waals surface area contributed by atoms with Crippen molar-refractivity contribution in [3.8, 4) is 0 Å². The molecule has 0 spiro atoms. The van der Waals surface area contributed by atoms with E-state index in [1.807, 2.05) is 20.8 Å². The third-order valence-electron chi connectivity index (χ3n) is 2.28. The van der Waals surface area contributed by atoms with Gasteiger partial charge in [0.25, 0.3) is 5.91 Å². The molecule has 0 radical (unpaired) electrons. The van der Waals surface area contributed by atoms with Crippen molar-refractivity contribution < 1.29 is 4.79 Å². The van der Waals surface area contributed by atoms with Crippen LogP contribution in [0.4, 0.5) is 5.82 Å². The van der Waals surface area contributed by atoms with E-state index >= 15 is 0 Å². The zero-order chi connectivity index (χ0) is 14.0. The lowest BCUT2D eigenvalue weighted by Crippen LogP contribution is -2.20. The maximum absolute atomic E-state index is 12.2. The molecule has 2 aromatic rings. The van der Waals surface area contributed by atoms with Crippen molar-refractivity contribution in [3.63, 3.8) is 0 Å². The van der Waals surface area contributed by atoms with Crippen molar-refractivity contribution in [2.24, 2.45) is 0 Å². The molecule has 0 saturated heterocycles. The van der Waals surface area contributed by atoms with Crippen LogP contribution in [-0.4, -0.2) is 25.5 Å². The van der Waals surface area contributed by atoms with Crippen LogP contribution >= 0.6 is 23.1 Å². The molecule has 6 nitrogen and oxygen atoms in total. The molecular formula is C11H12ClN5OS. The Morgan fingerprint density at radius 1 is 1.37 bits per heavy atom. The SMILES string of the molecule is CC(C)(C)c1nnsc1C(=O)Nc1cc(Cl)ncn1. The van der Waals surface area contributed by atoms with Crippen LogP contribution in [0.2, 0.25) is 5.15 Å². The number of hydrogen-bond acceptors (Lipinski definition) is 6. The van der Waals surface area contributed by atoms with Crippen LogP contribution in [0.25, 0.3) is 0 Å². The molecule has 0 aromatic carbocycles. The van der Waals surface area contributed by atoms with Crippen LogP contribution in [-0.2, 0) is 5.41 Å². The monoisotopic (exact) mass is 297 g/mol. The molecule has 8 heteroatoms. The lowest BCUT2D eigenvalue weighted by atomic mass is 9.91. The molecule has 0 aliphatic rings. The molecule has 2 rings (SSSR count). The lowest BCUT2D eigenvalue weighted by Gasteiger charge is -2.15. The molecule has 0 atom stereocenters. The van der Waals surface area contributed by atoms with Crippen molar-refractivity contribution in [1.29, 1.82) is 0 Å². The van der Waals surface area contributed by atoms with E-state index in [1.165, 1.54) is 12.4 Å². The smallest absolute Gasteiger partial charge is 0.270 e. The van der Waals surface area contributed by atoms with Gasteiger partial charge in [0.2, 0.25) is 0 Å². The van der Waals surface area contributed by atoms with Gasteiger partial charge in [-0.2, -0.15) is 0 Å². The second-order valence-electron chi connectivity index (χ2n) is 4.88. The number of nitrogens with zero attached hydrogens (tertiary/aromatic N) is 4. The van der Waals surface area contributed by atoms with Gasteiger partial charge in [-0.1, -0.05) is 36.9 Å². The maximum Gasteiger partial charge on any atom is 0.270 e. The van der Waals surface area contributed by atoms with E-state index in [0.717, 1.165) is 11.5 Å². The highest BCUT2D eigenvalue weighted by atomic mass is 35.5. The van der Waals surface area contributed by atoms with Gasteiger partial charge < -0.3 is 5.32 Å². The van der Waals surface area contributed by atoms with Gasteiger partial charge in [-0.15, -0.1) is 5.10 Å². The van der Waals surface area contributed by atoms with Gasteiger partial charge in [0.05, 0.1) is 5.69 Å². The Labute approximate surface area is 119 Å². The average molecular weight is 298 g/mol. The summed E-state index contributed by atoms with van der Waals surface area (Å²) in [6, 6.07) is 1.48. The van der Waals surface area contributed by atoms with Gasteiger partial charge in [-0.05, 0) is 11.5 Å². The molecule has 2 aromatic heterocycles. The minimum Gasteiger partial charge on any atom is -0.306 e. The van der Waals surface area contributed by atoms with Gasteiger partial charge >= 0.3 is 0 Å². The zero-order valence-corrected chi connectivity index (χ0v) is 12.2. The van der Waals surface area contributed by atoms with Gasteiger partial charge in [0, 0.05) is 11.5 Å². The van der Waals surface area contributed by atoms with E-state index in [0.29, 0.717) is 16.4 Å². The Bertz CT molecular complexity index is 607. The molecule has 0 aliphatic carbocycles. The summed E-state index contributed by atoms with van der Waals surface area (Å²) in [5.74, 6) is 0.0490. The fourth-order valence-electron chi connectivity index (χ4n) is 1.41. The first-order valence-corrected chi connectivity index (χ1v) is 6.65. The Kier molecular flexibility index (Phi) is 3.77. The fraction of sp³-hybridized carbons (Fsp3) is 0.364. The van der Waals surface area contributed by atoms with Crippen molar-refractivity contribution in [3.05, 3.63) is 28.1 Å². The summed E-state index contributed by atoms with van der Waals surface area (Å²) in [6.45, 7) is 5.92. The summed E-state index contributed by atoms with van der Waals surface area (Å²) in [4.78, 5) is 20.3. The van der Waals surface area contributed by atoms with E-state index in [1.54, 1.807) is 0 Å². The maximum atomic E-state index is 12.2. The summed E-state index contributed by atoms with van der Waals surface area (Å²) in [5, 5.41) is 6.94. The first-order valence-electron chi connectivity index (χ1n) is 5.49. The van der Waals surface area contributed by atoms with E-state index in [4.69, 9.17) is 11.6 Å². The van der Waals surface area contributed by atoms with Gasteiger partial charge in [-0.3, -0.25) is 4.79 Å². The predicted molar refractivity (Wildman–Crippen MR) is 73.6 cm³/mol. The van der Waals surface area contributed by atoms with Crippen LogP contribution < -0.4 is 5.32 Å². The molecule has 0 fully saturated rings. The number of carbonyl (C=O) groups excluding carboxylic acids is 1. The molecule has 0 saturated carbocycles. The van der Waals surface area contributed by atoms with E-state index < -0.39 is 0 Å². The van der Waals surface area contributed by atoms with Crippen molar-refractivity contribution in [1.82, 2.24) is 19.6 Å². The molecule has 1 amide bonds. The molecular weight excluding hydrogens is 286 g/mol. The molecule has 19 heavy (non-hydrogen) atoms. The number of amides is 1. The highest BCUT2D eigenvalue weighted by Crippen LogP contribution is 2.26. The fourth-order valence-corrected chi connectivity index (χ4v) is 2.32. The number of rotatable bonds is 2. The van der Waals surface area contributed by atoms with Crippen molar-refractivity contribution in [2.75, 3.05) is 5.32 Å². The van der Waals surface area contributed by atoms with E-state index in [9.17, 15) is 4.79 Å². The molecule has 0 aliphatic heterocycles. The second kappa shape index (κ2) is 5.18. The van der Waals surface area contributed by atoms with Crippen LogP contribution in [0.1, 0.15) is 36.1 Å². The first kappa shape index (κ1) is 13.8. The minimum atomic E-state index is -0.297. The predicted octanol–water partition coefficient (Wildman–Crippen LogP) is 2.53. The van der Waals surface area contributed by atoms with Crippen molar-refractivity contribution >= 4 is 34.9 Å². The largest absolute Gasteiger partial charge is 0.306 e. The zero-order valence-electron chi connectivity index (χ0n) is 10.6. The third-order valence-corrected chi connectivity index (χ3v) is 3.21. The summed E-state index contributed by atoms with van der Waals surface area (Å²) in [5.41, 5.74) is 0.415. The quantitative estimate of drug-likeness (QED) is 0.862. The molecule has 0 unspecified atom stereocenters. The first-order chi connectivity index (χ1) is 8.88. The molecule has 1 N–H and O–H groups in total. The highest BCUT2D eigenvalue weighted by molar-refractivity contribution is 7.08. The summed E-state index contributed by atoms with van der Waals surface area (Å²) in [6.07, 6.45) is 1.29. The third kappa shape index (κ3) is 3.24. The minimum absolute atomic E-state index is 0.247. The molecule has 100 valence electrons. The van der Waals surface area contributed by atoms with Crippen LogP contribution in [0.15, 0.2) is 12.4 Å². The Balaban J connectivity index is 2.24. The number of carbonyl (C=O) groups is 1. The number of halogens is 1. The summed E-state index contributed by atoms with van der Waals surface area (Å²) in [7, 11) is 0. The molecule has 2 heterocycles. The van der Waals surface area contributed by atoms with Gasteiger partial charge in [0.15, 0.2) is 0 Å². The summed E-state index contributed by atoms with van der Waals surface area (Å²) < 4.78 is 3.84. The summed E-state index contributed by atoms with van der Waals surface area (Å²) >= 11 is 6.79. The topological polar surface area (TPSA) is 80.7 Å². The van der Waals surface area contributed by atoms with Crippen molar-refractivity contribution in [2.45, 2.75) is 26.2 Å².